The summed E-state index contributed by atoms with van der Waals surface area (Å²) in [5.74, 6) is 1.05. The van der Waals surface area contributed by atoms with Gasteiger partial charge in [0.1, 0.15) is 5.52 Å². The number of benzene rings is 1. The molecule has 0 N–H and O–H groups in total. The average molecular weight is 272 g/mol. The number of hydrogen-bond donors (Lipinski definition) is 0. The monoisotopic (exact) mass is 272 g/mol. The standard InChI is InChI=1S/C15H16N2OS/c1-3-4-9-19-15-17-13-10(2)16-12-8-6-5-7-11(12)14(13)18-15/h5-8H,3-4,9H2,1-2H3. The number of rotatable bonds is 4. The maximum atomic E-state index is 5.92. The summed E-state index contributed by atoms with van der Waals surface area (Å²) in [6, 6.07) is 8.04. The van der Waals surface area contributed by atoms with Crippen LogP contribution in [0.15, 0.2) is 33.9 Å². The summed E-state index contributed by atoms with van der Waals surface area (Å²) in [4.78, 5) is 9.15. The highest BCUT2D eigenvalue weighted by Crippen LogP contribution is 2.30. The van der Waals surface area contributed by atoms with Crippen LogP contribution < -0.4 is 0 Å². The summed E-state index contributed by atoms with van der Waals surface area (Å²) in [6.45, 7) is 4.17. The molecule has 0 aliphatic rings. The van der Waals surface area contributed by atoms with Gasteiger partial charge in [0.25, 0.3) is 5.22 Å². The van der Waals surface area contributed by atoms with Gasteiger partial charge in [-0.15, -0.1) is 0 Å². The highest BCUT2D eigenvalue weighted by atomic mass is 32.2. The van der Waals surface area contributed by atoms with Crippen molar-refractivity contribution in [1.82, 2.24) is 9.97 Å². The van der Waals surface area contributed by atoms with Gasteiger partial charge in [0, 0.05) is 11.1 Å². The molecule has 0 unspecified atom stereocenters. The number of thioether (sulfide) groups is 1. The lowest BCUT2D eigenvalue weighted by atomic mass is 10.2. The van der Waals surface area contributed by atoms with Crippen molar-refractivity contribution < 1.29 is 4.42 Å². The van der Waals surface area contributed by atoms with E-state index >= 15 is 0 Å². The van der Waals surface area contributed by atoms with Crippen molar-refractivity contribution in [2.45, 2.75) is 31.9 Å². The molecule has 2 aromatic heterocycles. The fourth-order valence-electron chi connectivity index (χ4n) is 2.09. The third kappa shape index (κ3) is 2.32. The van der Waals surface area contributed by atoms with Crippen LogP contribution in [0, 0.1) is 6.92 Å². The molecule has 1 aromatic carbocycles. The Hall–Kier alpha value is -1.55. The van der Waals surface area contributed by atoms with E-state index in [2.05, 4.69) is 16.9 Å². The number of aryl methyl sites for hydroxylation is 1. The zero-order chi connectivity index (χ0) is 13.2. The fraction of sp³-hybridized carbons (Fsp3) is 0.333. The first kappa shape index (κ1) is 12.5. The summed E-state index contributed by atoms with van der Waals surface area (Å²) in [5, 5.41) is 1.79. The molecule has 2 heterocycles. The molecule has 0 saturated heterocycles. The lowest BCUT2D eigenvalue weighted by molar-refractivity contribution is 0.491. The Morgan fingerprint density at radius 1 is 1.21 bits per heavy atom. The topological polar surface area (TPSA) is 38.9 Å². The van der Waals surface area contributed by atoms with E-state index in [1.165, 1.54) is 12.8 Å². The van der Waals surface area contributed by atoms with E-state index in [9.17, 15) is 0 Å². The molecule has 3 aromatic rings. The molecule has 3 rings (SSSR count). The van der Waals surface area contributed by atoms with Gasteiger partial charge in [-0.3, -0.25) is 4.98 Å². The minimum absolute atomic E-state index is 0.754. The van der Waals surface area contributed by atoms with Crippen LogP contribution in [0.1, 0.15) is 25.5 Å². The normalized spacial score (nSPS) is 11.5. The third-order valence-corrected chi connectivity index (χ3v) is 4.02. The molecule has 0 saturated carbocycles. The zero-order valence-electron chi connectivity index (χ0n) is 11.1. The van der Waals surface area contributed by atoms with Crippen LogP contribution in [0.3, 0.4) is 0 Å². The van der Waals surface area contributed by atoms with E-state index in [4.69, 9.17) is 4.42 Å². The third-order valence-electron chi connectivity index (χ3n) is 3.11. The number of nitrogens with zero attached hydrogens (tertiary/aromatic N) is 2. The number of para-hydroxylation sites is 1. The number of fused-ring (bicyclic) bond motifs is 3. The Balaban J connectivity index is 2.10. The highest BCUT2D eigenvalue weighted by molar-refractivity contribution is 7.99. The van der Waals surface area contributed by atoms with E-state index in [0.717, 1.165) is 38.7 Å². The number of aromatic nitrogens is 2. The second-order valence-electron chi connectivity index (χ2n) is 4.57. The first-order valence-corrected chi connectivity index (χ1v) is 7.57. The quantitative estimate of drug-likeness (QED) is 0.515. The van der Waals surface area contributed by atoms with E-state index in [1.54, 1.807) is 11.8 Å². The molecule has 98 valence electrons. The van der Waals surface area contributed by atoms with Crippen LogP contribution in [-0.4, -0.2) is 15.7 Å². The van der Waals surface area contributed by atoms with Crippen molar-refractivity contribution in [2.24, 2.45) is 0 Å². The maximum absolute atomic E-state index is 5.92. The Labute approximate surface area is 116 Å². The van der Waals surface area contributed by atoms with Crippen LogP contribution >= 0.6 is 11.8 Å². The van der Waals surface area contributed by atoms with E-state index < -0.39 is 0 Å². The van der Waals surface area contributed by atoms with Crippen LogP contribution in [0.4, 0.5) is 0 Å². The van der Waals surface area contributed by atoms with E-state index in [-0.39, 0.29) is 0 Å². The lowest BCUT2D eigenvalue weighted by Gasteiger charge is -1.98. The van der Waals surface area contributed by atoms with Gasteiger partial charge in [-0.25, -0.2) is 4.98 Å². The smallest absolute Gasteiger partial charge is 0.256 e. The van der Waals surface area contributed by atoms with Crippen molar-refractivity contribution in [3.63, 3.8) is 0 Å². The van der Waals surface area contributed by atoms with Crippen LogP contribution in [-0.2, 0) is 0 Å². The minimum Gasteiger partial charge on any atom is -0.431 e. The fourth-order valence-corrected chi connectivity index (χ4v) is 3.00. The number of pyridine rings is 1. The van der Waals surface area contributed by atoms with Gasteiger partial charge in [0.05, 0.1) is 11.2 Å². The van der Waals surface area contributed by atoms with Crippen molar-refractivity contribution in [2.75, 3.05) is 5.75 Å². The number of hydrogen-bond acceptors (Lipinski definition) is 4. The van der Waals surface area contributed by atoms with Gasteiger partial charge in [0.15, 0.2) is 5.58 Å². The van der Waals surface area contributed by atoms with Gasteiger partial charge in [0.2, 0.25) is 0 Å². The average Bonchev–Trinajstić information content (AvgIpc) is 2.84. The van der Waals surface area contributed by atoms with Crippen molar-refractivity contribution >= 4 is 33.8 Å². The summed E-state index contributed by atoms with van der Waals surface area (Å²) in [5.41, 5.74) is 3.65. The summed E-state index contributed by atoms with van der Waals surface area (Å²) in [6.07, 6.45) is 2.37. The predicted molar refractivity (Wildman–Crippen MR) is 79.7 cm³/mol. The highest BCUT2D eigenvalue weighted by Gasteiger charge is 2.13. The second kappa shape index (κ2) is 5.21. The maximum Gasteiger partial charge on any atom is 0.256 e. The van der Waals surface area contributed by atoms with Crippen molar-refractivity contribution in [1.29, 1.82) is 0 Å². The molecule has 0 amide bonds. The molecule has 3 nitrogen and oxygen atoms in total. The minimum atomic E-state index is 0.754. The molecular formula is C15H16N2OS. The predicted octanol–water partition coefficient (Wildman–Crippen LogP) is 4.58. The molecule has 19 heavy (non-hydrogen) atoms. The first-order chi connectivity index (χ1) is 9.29. The first-order valence-electron chi connectivity index (χ1n) is 6.58. The summed E-state index contributed by atoms with van der Waals surface area (Å²) >= 11 is 1.68. The van der Waals surface area contributed by atoms with E-state index in [0.29, 0.717) is 0 Å². The molecule has 0 fully saturated rings. The van der Waals surface area contributed by atoms with Gasteiger partial charge >= 0.3 is 0 Å². The molecule has 0 bridgehead atoms. The Kier molecular flexibility index (Phi) is 3.42. The number of oxazole rings is 1. The lowest BCUT2D eigenvalue weighted by Crippen LogP contribution is -1.85. The number of unbranched alkanes of at least 4 members (excludes halogenated alkanes) is 1. The van der Waals surface area contributed by atoms with E-state index in [1.807, 2.05) is 31.2 Å². The molecule has 0 spiro atoms. The van der Waals surface area contributed by atoms with Crippen molar-refractivity contribution in [3.05, 3.63) is 30.0 Å². The molecular weight excluding hydrogens is 256 g/mol. The molecule has 0 radical (unpaired) electrons. The molecule has 0 atom stereocenters. The zero-order valence-corrected chi connectivity index (χ0v) is 12.0. The Morgan fingerprint density at radius 2 is 2.05 bits per heavy atom. The van der Waals surface area contributed by atoms with Crippen LogP contribution in [0.5, 0.6) is 0 Å². The SMILES string of the molecule is CCCCSc1nc2c(C)nc3ccccc3c2o1. The molecule has 0 aliphatic heterocycles. The van der Waals surface area contributed by atoms with Gasteiger partial charge in [-0.05, 0) is 25.5 Å². The second-order valence-corrected chi connectivity index (χ2v) is 5.62. The van der Waals surface area contributed by atoms with Gasteiger partial charge in [-0.2, -0.15) is 0 Å². The Morgan fingerprint density at radius 3 is 2.89 bits per heavy atom. The Bertz CT molecular complexity index is 721. The van der Waals surface area contributed by atoms with Crippen LogP contribution in [0.25, 0.3) is 22.0 Å². The van der Waals surface area contributed by atoms with Gasteiger partial charge in [-0.1, -0.05) is 37.2 Å². The summed E-state index contributed by atoms with van der Waals surface area (Å²) < 4.78 is 5.92. The van der Waals surface area contributed by atoms with Crippen LogP contribution in [0.2, 0.25) is 0 Å². The molecule has 0 aliphatic carbocycles. The molecule has 4 heteroatoms. The van der Waals surface area contributed by atoms with Gasteiger partial charge < -0.3 is 4.42 Å². The van der Waals surface area contributed by atoms with Crippen molar-refractivity contribution in [3.8, 4) is 0 Å². The summed E-state index contributed by atoms with van der Waals surface area (Å²) in [7, 11) is 0. The largest absolute Gasteiger partial charge is 0.431 e.